The zero-order valence-corrected chi connectivity index (χ0v) is 15.8. The predicted molar refractivity (Wildman–Crippen MR) is 98.5 cm³/mol. The van der Waals surface area contributed by atoms with Crippen LogP contribution < -0.4 is 10.2 Å². The van der Waals surface area contributed by atoms with Crippen molar-refractivity contribution in [1.29, 1.82) is 0 Å². The second-order valence-electron chi connectivity index (χ2n) is 6.23. The largest absolute Gasteiger partial charge is 0.333 e. The van der Waals surface area contributed by atoms with E-state index in [9.17, 15) is 13.2 Å². The smallest absolute Gasteiger partial charge is 0.208 e. The number of rotatable bonds is 4. The summed E-state index contributed by atoms with van der Waals surface area (Å²) in [6.07, 6.45) is 4.77. The van der Waals surface area contributed by atoms with Crippen LogP contribution in [0.3, 0.4) is 0 Å². The van der Waals surface area contributed by atoms with Gasteiger partial charge in [-0.1, -0.05) is 6.07 Å². The Hall–Kier alpha value is -1.22. The number of hydrogen-bond donors (Lipinski definition) is 1. The molecular weight excluding hydrogens is 394 g/mol. The number of nitrogens with one attached hydrogen (secondary N) is 1. The first-order chi connectivity index (χ1) is 11.3. The van der Waals surface area contributed by atoms with Crippen molar-refractivity contribution in [3.8, 4) is 0 Å². The Morgan fingerprint density at radius 1 is 1.33 bits per heavy atom. The highest BCUT2D eigenvalue weighted by Crippen LogP contribution is 2.22. The fraction of sp³-hybridized carbons (Fsp3) is 0.438. The molecule has 0 spiro atoms. The number of sulfonamides is 1. The number of para-hydroxylation sites is 1. The number of pyridine rings is 1. The van der Waals surface area contributed by atoms with Crippen LogP contribution in [0.4, 0.5) is 0 Å². The number of aromatic nitrogens is 1. The van der Waals surface area contributed by atoms with E-state index in [2.05, 4.69) is 25.6 Å². The molecule has 8 heteroatoms. The summed E-state index contributed by atoms with van der Waals surface area (Å²) < 4.78 is 28.5. The van der Waals surface area contributed by atoms with Crippen molar-refractivity contribution in [2.45, 2.75) is 25.6 Å². The first-order valence-electron chi connectivity index (χ1n) is 7.81. The molecule has 0 bridgehead atoms. The van der Waals surface area contributed by atoms with Crippen molar-refractivity contribution >= 4 is 36.9 Å². The number of piperidine rings is 1. The van der Waals surface area contributed by atoms with Crippen molar-refractivity contribution in [3.63, 3.8) is 0 Å². The summed E-state index contributed by atoms with van der Waals surface area (Å²) >= 11 is 3.53. The van der Waals surface area contributed by atoms with Gasteiger partial charge >= 0.3 is 0 Å². The molecule has 1 saturated heterocycles. The topological polar surface area (TPSA) is 71.4 Å². The normalized spacial score (nSPS) is 19.7. The lowest BCUT2D eigenvalue weighted by atomic mass is 10.1. The number of nitrogens with zero attached hydrogens (tertiary/aromatic N) is 2. The third kappa shape index (κ3) is 4.05. The maximum absolute atomic E-state index is 12.1. The van der Waals surface area contributed by atoms with E-state index in [0.717, 1.165) is 29.4 Å². The molecule has 1 N–H and O–H groups in total. The van der Waals surface area contributed by atoms with Crippen molar-refractivity contribution < 1.29 is 8.42 Å². The maximum Gasteiger partial charge on any atom is 0.208 e. The fourth-order valence-corrected chi connectivity index (χ4v) is 4.64. The van der Waals surface area contributed by atoms with E-state index < -0.39 is 10.0 Å². The second-order valence-corrected chi connectivity index (χ2v) is 8.87. The Labute approximate surface area is 149 Å². The van der Waals surface area contributed by atoms with Crippen LogP contribution in [0.15, 0.2) is 39.7 Å². The molecule has 24 heavy (non-hydrogen) atoms. The van der Waals surface area contributed by atoms with Crippen LogP contribution in [0.1, 0.15) is 12.8 Å². The minimum absolute atomic E-state index is 0.00202. The Morgan fingerprint density at radius 2 is 2.12 bits per heavy atom. The average Bonchev–Trinajstić information content (AvgIpc) is 2.49. The zero-order valence-electron chi connectivity index (χ0n) is 13.4. The quantitative estimate of drug-likeness (QED) is 0.828. The van der Waals surface area contributed by atoms with E-state index in [1.165, 1.54) is 6.26 Å². The van der Waals surface area contributed by atoms with Crippen molar-refractivity contribution in [2.75, 3.05) is 19.3 Å². The lowest BCUT2D eigenvalue weighted by molar-refractivity contribution is 0.163. The van der Waals surface area contributed by atoms with E-state index in [1.54, 1.807) is 12.3 Å². The lowest BCUT2D eigenvalue weighted by Crippen LogP contribution is -2.47. The van der Waals surface area contributed by atoms with Gasteiger partial charge < -0.3 is 4.57 Å². The minimum Gasteiger partial charge on any atom is -0.333 e. The summed E-state index contributed by atoms with van der Waals surface area (Å²) in [6.45, 7) is 2.17. The molecule has 1 unspecified atom stereocenters. The van der Waals surface area contributed by atoms with Crippen LogP contribution >= 0.6 is 15.9 Å². The average molecular weight is 414 g/mol. The number of benzene rings is 1. The van der Waals surface area contributed by atoms with Gasteiger partial charge in [0.2, 0.25) is 10.0 Å². The van der Waals surface area contributed by atoms with Gasteiger partial charge in [-0.15, -0.1) is 0 Å². The molecule has 0 amide bonds. The highest BCUT2D eigenvalue weighted by molar-refractivity contribution is 9.10. The number of likely N-dealkylation sites (tertiary alicyclic amines) is 1. The van der Waals surface area contributed by atoms with Crippen molar-refractivity contribution in [3.05, 3.63) is 45.2 Å². The molecule has 0 saturated carbocycles. The summed E-state index contributed by atoms with van der Waals surface area (Å²) in [5.74, 6) is 0. The summed E-state index contributed by atoms with van der Waals surface area (Å²) in [5, 5.41) is 0.676. The molecule has 6 nitrogen and oxygen atoms in total. The van der Waals surface area contributed by atoms with Gasteiger partial charge in [-0.25, -0.2) is 13.1 Å². The van der Waals surface area contributed by atoms with Crippen LogP contribution in [0.2, 0.25) is 0 Å². The van der Waals surface area contributed by atoms with Gasteiger partial charge in [-0.05, 0) is 47.4 Å². The summed E-state index contributed by atoms with van der Waals surface area (Å²) in [6, 6.07) is 7.10. The summed E-state index contributed by atoms with van der Waals surface area (Å²) in [7, 11) is -3.20. The maximum atomic E-state index is 12.1. The van der Waals surface area contributed by atoms with E-state index in [0.29, 0.717) is 18.6 Å². The second kappa shape index (κ2) is 6.95. The number of hydrogen-bond acceptors (Lipinski definition) is 4. The lowest BCUT2D eigenvalue weighted by Gasteiger charge is -2.33. The molecule has 1 aromatic heterocycles. The molecule has 0 aliphatic carbocycles. The van der Waals surface area contributed by atoms with E-state index >= 15 is 0 Å². The van der Waals surface area contributed by atoms with E-state index in [4.69, 9.17) is 0 Å². The van der Waals surface area contributed by atoms with Gasteiger partial charge in [-0.2, -0.15) is 0 Å². The summed E-state index contributed by atoms with van der Waals surface area (Å²) in [5.41, 5.74) is 0.862. The first-order valence-corrected chi connectivity index (χ1v) is 10.5. The van der Waals surface area contributed by atoms with E-state index in [-0.39, 0.29) is 11.5 Å². The Kier molecular flexibility index (Phi) is 5.10. The first kappa shape index (κ1) is 17.6. The highest BCUT2D eigenvalue weighted by atomic mass is 79.9. The van der Waals surface area contributed by atoms with Gasteiger partial charge in [-0.3, -0.25) is 9.69 Å². The standard InChI is InChI=1S/C16H20BrN3O3S/c1-24(22,23)18-12-4-3-8-19(10-12)11-20-9-7-15(21)13-5-2-6-14(17)16(13)20/h2,5-7,9,12,18H,3-4,8,10-11H2,1H3. The zero-order chi connectivity index (χ0) is 17.3. The highest BCUT2D eigenvalue weighted by Gasteiger charge is 2.22. The Balaban J connectivity index is 1.85. The van der Waals surface area contributed by atoms with Gasteiger partial charge in [0.05, 0.1) is 18.4 Å². The molecule has 1 aliphatic heterocycles. The molecule has 3 rings (SSSR count). The molecule has 2 aromatic rings. The van der Waals surface area contributed by atoms with Crippen LogP contribution in [0.25, 0.3) is 10.9 Å². The monoisotopic (exact) mass is 413 g/mol. The van der Waals surface area contributed by atoms with Crippen LogP contribution in [0.5, 0.6) is 0 Å². The summed E-state index contributed by atoms with van der Waals surface area (Å²) in [4.78, 5) is 14.3. The van der Waals surface area contributed by atoms with Gasteiger partial charge in [0.15, 0.2) is 5.43 Å². The number of halogens is 1. The minimum atomic E-state index is -3.20. The van der Waals surface area contributed by atoms with Crippen molar-refractivity contribution in [2.24, 2.45) is 0 Å². The van der Waals surface area contributed by atoms with Crippen LogP contribution in [0, 0.1) is 0 Å². The molecule has 130 valence electrons. The van der Waals surface area contributed by atoms with Gasteiger partial charge in [0, 0.05) is 34.7 Å². The third-order valence-corrected chi connectivity index (χ3v) is 5.59. The molecule has 1 aliphatic rings. The fourth-order valence-electron chi connectivity index (χ4n) is 3.24. The Morgan fingerprint density at radius 3 is 2.88 bits per heavy atom. The van der Waals surface area contributed by atoms with Crippen LogP contribution in [-0.4, -0.2) is 43.3 Å². The van der Waals surface area contributed by atoms with Crippen molar-refractivity contribution in [1.82, 2.24) is 14.2 Å². The Bertz CT molecular complexity index is 910. The molecule has 1 fully saturated rings. The number of fused-ring (bicyclic) bond motifs is 1. The van der Waals surface area contributed by atoms with Gasteiger partial charge in [0.1, 0.15) is 0 Å². The SMILES string of the molecule is CS(=O)(=O)NC1CCCN(Cn2ccc(=O)c3cccc(Br)c32)C1. The van der Waals surface area contributed by atoms with E-state index in [1.807, 2.05) is 22.8 Å². The molecule has 0 radical (unpaired) electrons. The third-order valence-electron chi connectivity index (χ3n) is 4.18. The molecular formula is C16H20BrN3O3S. The molecule has 1 atom stereocenters. The molecule has 1 aromatic carbocycles. The molecule has 2 heterocycles. The predicted octanol–water partition coefficient (Wildman–Crippen LogP) is 1.74. The van der Waals surface area contributed by atoms with Crippen LogP contribution in [-0.2, 0) is 16.7 Å². The van der Waals surface area contributed by atoms with Gasteiger partial charge in [0.25, 0.3) is 0 Å².